The quantitative estimate of drug-likeness (QED) is 0.568. The average Bonchev–Trinajstić information content (AvgIpc) is 3.40. The first-order valence-corrected chi connectivity index (χ1v) is 10.6. The van der Waals surface area contributed by atoms with E-state index in [1.165, 1.54) is 35.6 Å². The summed E-state index contributed by atoms with van der Waals surface area (Å²) in [6, 6.07) is 11.8. The minimum atomic E-state index is -0.343. The standard InChI is InChI=1S/C22H23FN2O3S/c1-2-15-5-3-7-19-21(15)24-22(29-19)25(13-18-6-4-12-27-18)20(26)14-28-17-10-8-16(23)9-11-17/h3,5,7-11,18H,2,4,6,12-14H2,1H3. The van der Waals surface area contributed by atoms with Gasteiger partial charge in [0.25, 0.3) is 5.91 Å². The van der Waals surface area contributed by atoms with E-state index in [1.54, 1.807) is 4.90 Å². The van der Waals surface area contributed by atoms with Crippen LogP contribution >= 0.6 is 11.3 Å². The molecule has 1 atom stereocenters. The van der Waals surface area contributed by atoms with Crippen LogP contribution in [0.1, 0.15) is 25.3 Å². The summed E-state index contributed by atoms with van der Waals surface area (Å²) in [6.07, 6.45) is 2.81. The van der Waals surface area contributed by atoms with Crippen LogP contribution < -0.4 is 9.64 Å². The first kappa shape index (κ1) is 19.8. The molecule has 2 heterocycles. The fourth-order valence-electron chi connectivity index (χ4n) is 3.43. The second-order valence-corrected chi connectivity index (χ2v) is 8.00. The molecule has 0 spiro atoms. The van der Waals surface area contributed by atoms with Gasteiger partial charge >= 0.3 is 0 Å². The lowest BCUT2D eigenvalue weighted by Gasteiger charge is -2.23. The summed E-state index contributed by atoms with van der Waals surface area (Å²) < 4.78 is 25.5. The number of nitrogens with zero attached hydrogens (tertiary/aromatic N) is 2. The third-order valence-corrected chi connectivity index (χ3v) is 6.03. The van der Waals surface area contributed by atoms with Gasteiger partial charge < -0.3 is 9.47 Å². The van der Waals surface area contributed by atoms with Crippen molar-refractivity contribution in [2.24, 2.45) is 0 Å². The van der Waals surface area contributed by atoms with E-state index < -0.39 is 0 Å². The number of ether oxygens (including phenoxy) is 2. The summed E-state index contributed by atoms with van der Waals surface area (Å²) in [6.45, 7) is 3.13. The minimum Gasteiger partial charge on any atom is -0.484 e. The first-order chi connectivity index (χ1) is 14.1. The Morgan fingerprint density at radius 2 is 2.14 bits per heavy atom. The number of halogens is 1. The van der Waals surface area contributed by atoms with E-state index in [4.69, 9.17) is 14.5 Å². The summed E-state index contributed by atoms with van der Waals surface area (Å²) in [5.74, 6) is -0.0822. The summed E-state index contributed by atoms with van der Waals surface area (Å²) in [5, 5.41) is 0.657. The number of fused-ring (bicyclic) bond motifs is 1. The molecule has 5 nitrogen and oxygen atoms in total. The number of anilines is 1. The van der Waals surface area contributed by atoms with Crippen molar-refractivity contribution in [1.29, 1.82) is 0 Å². The van der Waals surface area contributed by atoms with Crippen LogP contribution in [0.4, 0.5) is 9.52 Å². The van der Waals surface area contributed by atoms with E-state index >= 15 is 0 Å². The van der Waals surface area contributed by atoms with Gasteiger partial charge in [-0.15, -0.1) is 0 Å². The third-order valence-electron chi connectivity index (χ3n) is 4.99. The Kier molecular flexibility index (Phi) is 6.06. The maximum atomic E-state index is 13.1. The van der Waals surface area contributed by atoms with Gasteiger partial charge in [-0.2, -0.15) is 0 Å². The zero-order chi connectivity index (χ0) is 20.2. The van der Waals surface area contributed by atoms with Gasteiger partial charge in [0.1, 0.15) is 11.6 Å². The van der Waals surface area contributed by atoms with Crippen molar-refractivity contribution >= 4 is 32.6 Å². The zero-order valence-electron chi connectivity index (χ0n) is 16.3. The number of aromatic nitrogens is 1. The lowest BCUT2D eigenvalue weighted by molar-refractivity contribution is -0.120. The fourth-order valence-corrected chi connectivity index (χ4v) is 4.47. The third kappa shape index (κ3) is 4.57. The molecule has 0 bridgehead atoms. The predicted octanol–water partition coefficient (Wildman–Crippen LogP) is 4.59. The Morgan fingerprint density at radius 1 is 1.31 bits per heavy atom. The number of carbonyl (C=O) groups excluding carboxylic acids is 1. The smallest absolute Gasteiger partial charge is 0.266 e. The van der Waals surface area contributed by atoms with Crippen LogP contribution in [0.25, 0.3) is 10.2 Å². The maximum Gasteiger partial charge on any atom is 0.266 e. The molecule has 1 aromatic heterocycles. The Bertz CT molecular complexity index is 983. The largest absolute Gasteiger partial charge is 0.484 e. The van der Waals surface area contributed by atoms with Gasteiger partial charge in [0.15, 0.2) is 11.7 Å². The summed E-state index contributed by atoms with van der Waals surface area (Å²) in [5.41, 5.74) is 2.11. The van der Waals surface area contributed by atoms with Crippen LogP contribution in [0.2, 0.25) is 0 Å². The molecule has 0 saturated carbocycles. The minimum absolute atomic E-state index is 0.00225. The number of benzene rings is 2. The summed E-state index contributed by atoms with van der Waals surface area (Å²) >= 11 is 1.50. The van der Waals surface area contributed by atoms with Crippen molar-refractivity contribution < 1.29 is 18.7 Å². The molecular formula is C22H23FN2O3S. The van der Waals surface area contributed by atoms with Crippen LogP contribution in [0, 0.1) is 5.82 Å². The molecule has 2 aromatic carbocycles. The van der Waals surface area contributed by atoms with Gasteiger partial charge in [0.05, 0.1) is 22.9 Å². The molecule has 1 fully saturated rings. The molecule has 29 heavy (non-hydrogen) atoms. The molecule has 1 unspecified atom stereocenters. The maximum absolute atomic E-state index is 13.1. The molecule has 0 N–H and O–H groups in total. The van der Waals surface area contributed by atoms with E-state index in [0.29, 0.717) is 17.4 Å². The molecule has 0 aliphatic carbocycles. The van der Waals surface area contributed by atoms with Crippen LogP contribution in [0.15, 0.2) is 42.5 Å². The van der Waals surface area contributed by atoms with Crippen molar-refractivity contribution in [2.45, 2.75) is 32.3 Å². The summed E-state index contributed by atoms with van der Waals surface area (Å²) in [7, 11) is 0. The highest BCUT2D eigenvalue weighted by molar-refractivity contribution is 7.22. The van der Waals surface area contributed by atoms with Crippen molar-refractivity contribution in [3.8, 4) is 5.75 Å². The lowest BCUT2D eigenvalue weighted by Crippen LogP contribution is -2.40. The summed E-state index contributed by atoms with van der Waals surface area (Å²) in [4.78, 5) is 19.5. The highest BCUT2D eigenvalue weighted by Crippen LogP contribution is 2.32. The van der Waals surface area contributed by atoms with Gasteiger partial charge in [-0.1, -0.05) is 30.4 Å². The highest BCUT2D eigenvalue weighted by Gasteiger charge is 2.26. The number of thiazole rings is 1. The molecule has 1 amide bonds. The van der Waals surface area contributed by atoms with E-state index in [2.05, 4.69) is 13.0 Å². The molecule has 152 valence electrons. The average molecular weight is 415 g/mol. The van der Waals surface area contributed by atoms with E-state index in [9.17, 15) is 9.18 Å². The number of hydrogen-bond acceptors (Lipinski definition) is 5. The number of para-hydroxylation sites is 1. The molecule has 1 aliphatic rings. The molecular weight excluding hydrogens is 391 g/mol. The van der Waals surface area contributed by atoms with Crippen molar-refractivity contribution in [2.75, 3.05) is 24.7 Å². The number of aryl methyl sites for hydroxylation is 1. The molecule has 1 saturated heterocycles. The fraction of sp³-hybridized carbons (Fsp3) is 0.364. The monoisotopic (exact) mass is 414 g/mol. The van der Waals surface area contributed by atoms with Crippen molar-refractivity contribution in [3.63, 3.8) is 0 Å². The van der Waals surface area contributed by atoms with E-state index in [0.717, 1.165) is 41.6 Å². The van der Waals surface area contributed by atoms with Gasteiger partial charge in [-0.25, -0.2) is 9.37 Å². The number of rotatable bonds is 7. The number of hydrogen-bond donors (Lipinski definition) is 0. The SMILES string of the molecule is CCc1cccc2sc(N(CC3CCCO3)C(=O)COc3ccc(F)cc3)nc12. The van der Waals surface area contributed by atoms with Crippen molar-refractivity contribution in [1.82, 2.24) is 4.98 Å². The topological polar surface area (TPSA) is 51.7 Å². The van der Waals surface area contributed by atoms with Gasteiger partial charge in [0.2, 0.25) is 0 Å². The van der Waals surface area contributed by atoms with Gasteiger partial charge in [-0.05, 0) is 55.2 Å². The van der Waals surface area contributed by atoms with E-state index in [1.807, 2.05) is 12.1 Å². The lowest BCUT2D eigenvalue weighted by atomic mass is 10.1. The second-order valence-electron chi connectivity index (χ2n) is 7.00. The molecule has 3 aromatic rings. The highest BCUT2D eigenvalue weighted by atomic mass is 32.1. The second kappa shape index (κ2) is 8.88. The van der Waals surface area contributed by atoms with E-state index in [-0.39, 0.29) is 24.4 Å². The van der Waals surface area contributed by atoms with Crippen LogP contribution in [0.3, 0.4) is 0 Å². The predicted molar refractivity (Wildman–Crippen MR) is 112 cm³/mol. The Morgan fingerprint density at radius 3 is 2.86 bits per heavy atom. The Labute approximate surface area is 173 Å². The molecule has 4 rings (SSSR count). The number of carbonyl (C=O) groups is 1. The van der Waals surface area contributed by atoms with Crippen molar-refractivity contribution in [3.05, 3.63) is 53.8 Å². The molecule has 7 heteroatoms. The Balaban J connectivity index is 1.57. The van der Waals surface area contributed by atoms with Crippen LogP contribution in [-0.2, 0) is 16.0 Å². The van der Waals surface area contributed by atoms with Gasteiger partial charge in [-0.3, -0.25) is 9.69 Å². The zero-order valence-corrected chi connectivity index (χ0v) is 17.1. The Hall–Kier alpha value is -2.51. The van der Waals surface area contributed by atoms with Crippen LogP contribution in [-0.4, -0.2) is 36.8 Å². The molecule has 1 aliphatic heterocycles. The first-order valence-electron chi connectivity index (χ1n) is 9.83. The number of amides is 1. The molecule has 0 radical (unpaired) electrons. The van der Waals surface area contributed by atoms with Gasteiger partial charge in [0, 0.05) is 6.61 Å². The van der Waals surface area contributed by atoms with Crippen LogP contribution in [0.5, 0.6) is 5.75 Å². The normalized spacial score (nSPS) is 16.3.